The Morgan fingerprint density at radius 2 is 1.85 bits per heavy atom. The molecular weight excluding hydrogens is 289 g/mol. The highest BCUT2D eigenvalue weighted by Gasteiger charge is 2.32. The zero-order valence-electron chi connectivity index (χ0n) is 10.5. The van der Waals surface area contributed by atoms with Gasteiger partial charge in [0.1, 0.15) is 23.0 Å². The average Bonchev–Trinajstić information content (AvgIpc) is 2.37. The fourth-order valence-corrected chi connectivity index (χ4v) is 2.61. The molecule has 2 N–H and O–H groups in total. The molecule has 1 amide bonds. The highest BCUT2D eigenvalue weighted by Crippen LogP contribution is 2.23. The van der Waals surface area contributed by atoms with E-state index in [0.29, 0.717) is 31.5 Å². The quantitative estimate of drug-likeness (QED) is 0.853. The van der Waals surface area contributed by atoms with Crippen molar-refractivity contribution >= 4 is 23.1 Å². The van der Waals surface area contributed by atoms with E-state index in [1.54, 1.807) is 0 Å². The summed E-state index contributed by atoms with van der Waals surface area (Å²) in [5, 5.41) is 0. The average molecular weight is 302 g/mol. The van der Waals surface area contributed by atoms with Crippen molar-refractivity contribution < 1.29 is 18.0 Å². The third-order valence-electron chi connectivity index (χ3n) is 3.31. The maximum atomic E-state index is 13.7. The molecule has 0 saturated carbocycles. The van der Waals surface area contributed by atoms with Crippen molar-refractivity contribution in [1.29, 1.82) is 0 Å². The van der Waals surface area contributed by atoms with E-state index in [2.05, 4.69) is 0 Å². The van der Waals surface area contributed by atoms with Gasteiger partial charge in [0.15, 0.2) is 0 Å². The molecule has 1 unspecified atom stereocenters. The maximum Gasteiger partial charge on any atom is 0.260 e. The second-order valence-electron chi connectivity index (χ2n) is 4.66. The number of nitrogens with two attached hydrogens (primary N) is 1. The molecule has 1 aromatic carbocycles. The van der Waals surface area contributed by atoms with Gasteiger partial charge in [-0.05, 0) is 19.3 Å². The molecular formula is C13H13F3N2OS. The van der Waals surface area contributed by atoms with E-state index in [0.717, 1.165) is 6.42 Å². The van der Waals surface area contributed by atoms with Gasteiger partial charge in [0.25, 0.3) is 5.91 Å². The first-order valence-electron chi connectivity index (χ1n) is 6.16. The van der Waals surface area contributed by atoms with Crippen LogP contribution in [0, 0.1) is 17.5 Å². The van der Waals surface area contributed by atoms with Gasteiger partial charge in [-0.3, -0.25) is 4.79 Å². The lowest BCUT2D eigenvalue weighted by Crippen LogP contribution is -2.50. The normalized spacial score (nSPS) is 18.9. The minimum Gasteiger partial charge on any atom is -0.392 e. The molecule has 0 aromatic heterocycles. The van der Waals surface area contributed by atoms with Gasteiger partial charge >= 0.3 is 0 Å². The molecule has 20 heavy (non-hydrogen) atoms. The number of piperidine rings is 1. The number of benzene rings is 1. The molecule has 1 aromatic rings. The number of nitrogens with zero attached hydrogens (tertiary/aromatic N) is 1. The van der Waals surface area contributed by atoms with Gasteiger partial charge in [0, 0.05) is 18.7 Å². The molecule has 1 heterocycles. The van der Waals surface area contributed by atoms with E-state index in [9.17, 15) is 18.0 Å². The fraction of sp³-hybridized carbons (Fsp3) is 0.385. The summed E-state index contributed by atoms with van der Waals surface area (Å²) in [7, 11) is 0. The fourth-order valence-electron chi connectivity index (χ4n) is 2.36. The van der Waals surface area contributed by atoms with Crippen molar-refractivity contribution in [3.8, 4) is 0 Å². The Balaban J connectivity index is 2.37. The van der Waals surface area contributed by atoms with Crippen LogP contribution in [0.2, 0.25) is 0 Å². The van der Waals surface area contributed by atoms with Crippen molar-refractivity contribution in [1.82, 2.24) is 4.90 Å². The van der Waals surface area contributed by atoms with Gasteiger partial charge in [0.2, 0.25) is 0 Å². The summed E-state index contributed by atoms with van der Waals surface area (Å²) in [5.74, 6) is -4.36. The number of thiocarbonyl (C=S) groups is 1. The number of carbonyl (C=O) groups excluding carboxylic acids is 1. The molecule has 7 heteroatoms. The van der Waals surface area contributed by atoms with Crippen molar-refractivity contribution in [2.24, 2.45) is 5.73 Å². The van der Waals surface area contributed by atoms with Crippen molar-refractivity contribution in [2.45, 2.75) is 25.3 Å². The third kappa shape index (κ3) is 2.77. The van der Waals surface area contributed by atoms with Crippen LogP contribution in [0.25, 0.3) is 0 Å². The monoisotopic (exact) mass is 302 g/mol. The summed E-state index contributed by atoms with van der Waals surface area (Å²) >= 11 is 4.88. The molecule has 1 aliphatic rings. The van der Waals surface area contributed by atoms with Gasteiger partial charge in [-0.25, -0.2) is 13.2 Å². The first-order chi connectivity index (χ1) is 9.41. The molecule has 1 atom stereocenters. The predicted octanol–water partition coefficient (Wildman–Crippen LogP) is 2.38. The third-order valence-corrected chi connectivity index (χ3v) is 3.58. The number of amides is 1. The number of likely N-dealkylation sites (tertiary alicyclic amines) is 1. The van der Waals surface area contributed by atoms with Crippen LogP contribution in [-0.2, 0) is 0 Å². The second-order valence-corrected chi connectivity index (χ2v) is 5.13. The van der Waals surface area contributed by atoms with Crippen molar-refractivity contribution in [3.05, 3.63) is 35.1 Å². The van der Waals surface area contributed by atoms with Crippen LogP contribution in [0.4, 0.5) is 13.2 Å². The highest BCUT2D eigenvalue weighted by atomic mass is 32.1. The lowest BCUT2D eigenvalue weighted by atomic mass is 10.0. The van der Waals surface area contributed by atoms with Crippen LogP contribution in [0.1, 0.15) is 29.6 Å². The Morgan fingerprint density at radius 3 is 2.40 bits per heavy atom. The number of rotatable bonds is 2. The molecule has 0 aliphatic carbocycles. The zero-order valence-corrected chi connectivity index (χ0v) is 11.4. The highest BCUT2D eigenvalue weighted by molar-refractivity contribution is 7.80. The molecule has 1 fully saturated rings. The van der Waals surface area contributed by atoms with Crippen LogP contribution < -0.4 is 5.73 Å². The minimum atomic E-state index is -1.22. The first kappa shape index (κ1) is 14.8. The van der Waals surface area contributed by atoms with Gasteiger partial charge in [0.05, 0.1) is 11.0 Å². The summed E-state index contributed by atoms with van der Waals surface area (Å²) < 4.78 is 40.2. The van der Waals surface area contributed by atoms with Crippen LogP contribution in [0.3, 0.4) is 0 Å². The zero-order chi connectivity index (χ0) is 14.9. The molecule has 0 radical (unpaired) electrons. The molecule has 0 bridgehead atoms. The number of hydrogen-bond donors (Lipinski definition) is 1. The summed E-state index contributed by atoms with van der Waals surface area (Å²) in [6.07, 6.45) is 2.10. The van der Waals surface area contributed by atoms with E-state index < -0.39 is 35.0 Å². The van der Waals surface area contributed by atoms with Crippen molar-refractivity contribution in [3.63, 3.8) is 0 Å². The van der Waals surface area contributed by atoms with Crippen LogP contribution in [0.15, 0.2) is 12.1 Å². The number of hydrogen-bond acceptors (Lipinski definition) is 2. The SMILES string of the molecule is NC(=S)C1CCCCN1C(=O)c1c(F)cc(F)cc1F. The molecule has 3 nitrogen and oxygen atoms in total. The Morgan fingerprint density at radius 1 is 1.25 bits per heavy atom. The molecule has 0 spiro atoms. The van der Waals surface area contributed by atoms with E-state index in [4.69, 9.17) is 18.0 Å². The van der Waals surface area contributed by atoms with E-state index in [1.165, 1.54) is 4.90 Å². The molecule has 1 aliphatic heterocycles. The van der Waals surface area contributed by atoms with E-state index in [1.807, 2.05) is 0 Å². The Kier molecular flexibility index (Phi) is 4.27. The summed E-state index contributed by atoms with van der Waals surface area (Å²) in [6, 6.07) is 0.446. The van der Waals surface area contributed by atoms with E-state index >= 15 is 0 Å². The van der Waals surface area contributed by atoms with Crippen LogP contribution in [0.5, 0.6) is 0 Å². The van der Waals surface area contributed by atoms with Crippen molar-refractivity contribution in [2.75, 3.05) is 6.54 Å². The lowest BCUT2D eigenvalue weighted by molar-refractivity contribution is 0.0671. The summed E-state index contributed by atoms with van der Waals surface area (Å²) in [6.45, 7) is 0.317. The Hall–Kier alpha value is -1.63. The second kappa shape index (κ2) is 5.78. The molecule has 2 rings (SSSR count). The minimum absolute atomic E-state index is 0.112. The lowest BCUT2D eigenvalue weighted by Gasteiger charge is -2.35. The summed E-state index contributed by atoms with van der Waals surface area (Å²) in [5.41, 5.74) is 4.79. The molecule has 1 saturated heterocycles. The van der Waals surface area contributed by atoms with Gasteiger partial charge in [-0.2, -0.15) is 0 Å². The predicted molar refractivity (Wildman–Crippen MR) is 71.8 cm³/mol. The topological polar surface area (TPSA) is 46.3 Å². The first-order valence-corrected chi connectivity index (χ1v) is 6.57. The number of carbonyl (C=O) groups is 1. The van der Waals surface area contributed by atoms with Gasteiger partial charge < -0.3 is 10.6 Å². The standard InChI is InChI=1S/C13H13F3N2OS/c14-7-5-8(15)11(9(16)6-7)13(19)18-4-2-1-3-10(18)12(17)20/h5-6,10H,1-4H2,(H2,17,20). The number of halogens is 3. The smallest absolute Gasteiger partial charge is 0.260 e. The van der Waals surface area contributed by atoms with E-state index in [-0.39, 0.29) is 4.99 Å². The Labute approximate surface area is 119 Å². The Bertz CT molecular complexity index is 542. The maximum absolute atomic E-state index is 13.7. The van der Waals surface area contributed by atoms with Gasteiger partial charge in [-0.1, -0.05) is 12.2 Å². The summed E-state index contributed by atoms with van der Waals surface area (Å²) in [4.78, 5) is 13.6. The largest absolute Gasteiger partial charge is 0.392 e. The molecule has 108 valence electrons. The van der Waals surface area contributed by atoms with Crippen LogP contribution >= 0.6 is 12.2 Å². The van der Waals surface area contributed by atoms with Gasteiger partial charge in [-0.15, -0.1) is 0 Å². The van der Waals surface area contributed by atoms with Crippen LogP contribution in [-0.4, -0.2) is 28.4 Å².